The molecule has 1 aliphatic heterocycles. The highest BCUT2D eigenvalue weighted by molar-refractivity contribution is 5.93. The predicted octanol–water partition coefficient (Wildman–Crippen LogP) is 2.58. The van der Waals surface area contributed by atoms with Crippen LogP contribution in [0.25, 0.3) is 0 Å². The van der Waals surface area contributed by atoms with Gasteiger partial charge in [0.1, 0.15) is 0 Å². The molecule has 7 nitrogen and oxygen atoms in total. The van der Waals surface area contributed by atoms with Crippen LogP contribution in [0.1, 0.15) is 26.2 Å². The summed E-state index contributed by atoms with van der Waals surface area (Å²) in [7, 11) is 0. The summed E-state index contributed by atoms with van der Waals surface area (Å²) in [5.74, 6) is -0.339. The van der Waals surface area contributed by atoms with E-state index in [1.807, 2.05) is 0 Å². The van der Waals surface area contributed by atoms with Crippen molar-refractivity contribution in [3.63, 3.8) is 0 Å². The van der Waals surface area contributed by atoms with Crippen LogP contribution in [0.3, 0.4) is 0 Å². The summed E-state index contributed by atoms with van der Waals surface area (Å²) in [6, 6.07) is 6.76. The summed E-state index contributed by atoms with van der Waals surface area (Å²) in [6.45, 7) is 6.79. The normalized spacial score (nSPS) is 16.5. The minimum absolute atomic E-state index is 0.0494. The summed E-state index contributed by atoms with van der Waals surface area (Å²) in [6.07, 6.45) is 3.58. The van der Waals surface area contributed by atoms with Crippen LogP contribution >= 0.6 is 0 Å². The number of urea groups is 1. The van der Waals surface area contributed by atoms with Gasteiger partial charge in [0.05, 0.1) is 5.92 Å². The van der Waals surface area contributed by atoms with E-state index < -0.39 is 0 Å². The van der Waals surface area contributed by atoms with E-state index in [4.69, 9.17) is 0 Å². The molecule has 0 aromatic heterocycles. The van der Waals surface area contributed by atoms with Gasteiger partial charge in [-0.15, -0.1) is 6.58 Å². The van der Waals surface area contributed by atoms with Gasteiger partial charge < -0.3 is 20.9 Å². The second-order valence-corrected chi connectivity index (χ2v) is 6.23. The van der Waals surface area contributed by atoms with E-state index >= 15 is 0 Å². The number of amides is 4. The number of piperidine rings is 1. The minimum atomic E-state index is -0.245. The second kappa shape index (κ2) is 9.60. The molecule has 1 atom stereocenters. The molecule has 1 aromatic rings. The average molecular weight is 358 g/mol. The third kappa shape index (κ3) is 5.61. The van der Waals surface area contributed by atoms with Crippen LogP contribution in [-0.2, 0) is 9.59 Å². The van der Waals surface area contributed by atoms with Crippen molar-refractivity contribution >= 4 is 29.2 Å². The van der Waals surface area contributed by atoms with Crippen LogP contribution in [0, 0.1) is 5.92 Å². The summed E-state index contributed by atoms with van der Waals surface area (Å²) < 4.78 is 0. The molecule has 0 saturated carbocycles. The maximum Gasteiger partial charge on any atom is 0.321 e. The van der Waals surface area contributed by atoms with Crippen molar-refractivity contribution < 1.29 is 14.4 Å². The fraction of sp³-hybridized carbons (Fsp3) is 0.421. The number of nitrogens with one attached hydrogen (secondary N) is 3. The van der Waals surface area contributed by atoms with Gasteiger partial charge in [-0.3, -0.25) is 9.59 Å². The molecule has 1 aliphatic rings. The number of carbonyl (C=O) groups excluding carboxylic acids is 3. The first-order chi connectivity index (χ1) is 12.5. The van der Waals surface area contributed by atoms with Gasteiger partial charge in [0.25, 0.3) is 0 Å². The van der Waals surface area contributed by atoms with Crippen molar-refractivity contribution in [2.45, 2.75) is 26.2 Å². The van der Waals surface area contributed by atoms with Crippen LogP contribution in [0.5, 0.6) is 0 Å². The third-order valence-corrected chi connectivity index (χ3v) is 4.22. The molecule has 1 heterocycles. The zero-order valence-electron chi connectivity index (χ0n) is 15.1. The van der Waals surface area contributed by atoms with E-state index in [1.165, 1.54) is 0 Å². The van der Waals surface area contributed by atoms with Crippen LogP contribution in [-0.4, -0.2) is 42.4 Å². The fourth-order valence-electron chi connectivity index (χ4n) is 2.82. The Kier molecular flexibility index (Phi) is 7.20. The van der Waals surface area contributed by atoms with Crippen LogP contribution in [0.2, 0.25) is 0 Å². The summed E-state index contributed by atoms with van der Waals surface area (Å²) in [4.78, 5) is 37.8. The summed E-state index contributed by atoms with van der Waals surface area (Å²) in [5.41, 5.74) is 1.23. The topological polar surface area (TPSA) is 90.5 Å². The van der Waals surface area contributed by atoms with E-state index in [-0.39, 0.29) is 23.8 Å². The Labute approximate surface area is 153 Å². The molecule has 0 aliphatic carbocycles. The van der Waals surface area contributed by atoms with Crippen LogP contribution in [0.15, 0.2) is 36.9 Å². The molecular formula is C19H26N4O3. The van der Waals surface area contributed by atoms with E-state index in [2.05, 4.69) is 22.5 Å². The van der Waals surface area contributed by atoms with Gasteiger partial charge in [0.15, 0.2) is 0 Å². The molecule has 0 bridgehead atoms. The first kappa shape index (κ1) is 19.5. The molecule has 3 N–H and O–H groups in total. The van der Waals surface area contributed by atoms with E-state index in [1.54, 1.807) is 42.2 Å². The van der Waals surface area contributed by atoms with Crippen molar-refractivity contribution in [3.8, 4) is 0 Å². The summed E-state index contributed by atoms with van der Waals surface area (Å²) >= 11 is 0. The maximum atomic E-state index is 12.5. The molecule has 0 spiro atoms. The lowest BCUT2D eigenvalue weighted by Crippen LogP contribution is -2.46. The number of anilines is 2. The Balaban J connectivity index is 1.94. The highest BCUT2D eigenvalue weighted by Crippen LogP contribution is 2.20. The van der Waals surface area contributed by atoms with Gasteiger partial charge in [-0.2, -0.15) is 0 Å². The Morgan fingerprint density at radius 1 is 1.27 bits per heavy atom. The molecule has 4 amide bonds. The van der Waals surface area contributed by atoms with Crippen molar-refractivity contribution in [3.05, 3.63) is 36.9 Å². The highest BCUT2D eigenvalue weighted by atomic mass is 16.2. The Morgan fingerprint density at radius 2 is 2.00 bits per heavy atom. The van der Waals surface area contributed by atoms with E-state index in [9.17, 15) is 14.4 Å². The molecular weight excluding hydrogens is 332 g/mol. The van der Waals surface area contributed by atoms with Crippen molar-refractivity contribution in [2.75, 3.05) is 30.3 Å². The molecule has 1 fully saturated rings. The Bertz CT molecular complexity index is 675. The molecule has 1 saturated heterocycles. The minimum Gasteiger partial charge on any atom is -0.352 e. The summed E-state index contributed by atoms with van der Waals surface area (Å²) in [5, 5.41) is 8.38. The van der Waals surface area contributed by atoms with Crippen LogP contribution < -0.4 is 16.0 Å². The predicted molar refractivity (Wildman–Crippen MR) is 102 cm³/mol. The zero-order chi connectivity index (χ0) is 18.9. The standard InChI is InChI=1S/C19H26N4O3/c1-3-10-20-18(25)14-7-6-11-23(13-14)19(26)22-16-9-5-8-15(12-16)21-17(24)4-2/h3,5,8-9,12,14H,1,4,6-7,10-11,13H2,2H3,(H,20,25)(H,21,24)(H,22,26). The highest BCUT2D eigenvalue weighted by Gasteiger charge is 2.28. The lowest BCUT2D eigenvalue weighted by Gasteiger charge is -2.32. The number of likely N-dealkylation sites (tertiary alicyclic amines) is 1. The van der Waals surface area contributed by atoms with Gasteiger partial charge in [-0.25, -0.2) is 4.79 Å². The first-order valence-corrected chi connectivity index (χ1v) is 8.88. The molecule has 2 rings (SSSR count). The monoisotopic (exact) mass is 358 g/mol. The lowest BCUT2D eigenvalue weighted by atomic mass is 9.97. The quantitative estimate of drug-likeness (QED) is 0.683. The molecule has 0 radical (unpaired) electrons. The Hall–Kier alpha value is -2.83. The molecule has 26 heavy (non-hydrogen) atoms. The molecule has 1 unspecified atom stereocenters. The van der Waals surface area contributed by atoms with Gasteiger partial charge in [-0.1, -0.05) is 19.1 Å². The van der Waals surface area contributed by atoms with Gasteiger partial charge in [-0.05, 0) is 31.0 Å². The van der Waals surface area contributed by atoms with E-state index in [0.29, 0.717) is 37.4 Å². The molecule has 140 valence electrons. The van der Waals surface area contributed by atoms with Crippen molar-refractivity contribution in [1.29, 1.82) is 0 Å². The molecule has 1 aromatic carbocycles. The number of carbonyl (C=O) groups is 3. The number of nitrogens with zero attached hydrogens (tertiary/aromatic N) is 1. The van der Waals surface area contributed by atoms with Crippen molar-refractivity contribution in [1.82, 2.24) is 10.2 Å². The second-order valence-electron chi connectivity index (χ2n) is 6.23. The lowest BCUT2D eigenvalue weighted by molar-refractivity contribution is -0.126. The number of rotatable bonds is 6. The fourth-order valence-corrected chi connectivity index (χ4v) is 2.82. The maximum absolute atomic E-state index is 12.5. The van der Waals surface area contributed by atoms with Crippen LogP contribution in [0.4, 0.5) is 16.2 Å². The number of hydrogen-bond acceptors (Lipinski definition) is 3. The van der Waals surface area contributed by atoms with Gasteiger partial charge >= 0.3 is 6.03 Å². The SMILES string of the molecule is C=CCNC(=O)C1CCCN(C(=O)Nc2cccc(NC(=O)CC)c2)C1. The number of hydrogen-bond donors (Lipinski definition) is 3. The zero-order valence-corrected chi connectivity index (χ0v) is 15.1. The largest absolute Gasteiger partial charge is 0.352 e. The first-order valence-electron chi connectivity index (χ1n) is 8.88. The van der Waals surface area contributed by atoms with Crippen molar-refractivity contribution in [2.24, 2.45) is 5.92 Å². The average Bonchev–Trinajstić information content (AvgIpc) is 2.66. The smallest absolute Gasteiger partial charge is 0.321 e. The Morgan fingerprint density at radius 3 is 2.69 bits per heavy atom. The third-order valence-electron chi connectivity index (χ3n) is 4.22. The van der Waals surface area contributed by atoms with E-state index in [0.717, 1.165) is 12.8 Å². The van der Waals surface area contributed by atoms with Gasteiger partial charge in [0.2, 0.25) is 11.8 Å². The number of benzene rings is 1. The van der Waals surface area contributed by atoms with Gasteiger partial charge in [0, 0.05) is 37.4 Å². The molecule has 7 heteroatoms.